The summed E-state index contributed by atoms with van der Waals surface area (Å²) in [6.45, 7) is 4.10. The van der Waals surface area contributed by atoms with Gasteiger partial charge in [0.1, 0.15) is 0 Å². The molecule has 1 amide bonds. The van der Waals surface area contributed by atoms with Crippen LogP contribution in [0.3, 0.4) is 0 Å². The lowest BCUT2D eigenvalue weighted by atomic mass is 9.98. The van der Waals surface area contributed by atoms with Crippen LogP contribution in [0.25, 0.3) is 0 Å². The first-order chi connectivity index (χ1) is 7.28. The number of hydrogen-bond donors (Lipinski definition) is 2. The predicted molar refractivity (Wildman–Crippen MR) is 59.4 cm³/mol. The number of amides is 1. The highest BCUT2D eigenvalue weighted by Crippen LogP contribution is 2.17. The van der Waals surface area contributed by atoms with E-state index in [0.717, 1.165) is 26.1 Å². The van der Waals surface area contributed by atoms with Gasteiger partial charge in [0, 0.05) is 25.6 Å². The Hall–Kier alpha value is -0.610. The van der Waals surface area contributed by atoms with Gasteiger partial charge in [-0.25, -0.2) is 0 Å². The van der Waals surface area contributed by atoms with Crippen LogP contribution in [0.15, 0.2) is 0 Å². The van der Waals surface area contributed by atoms with Gasteiger partial charge in [-0.2, -0.15) is 0 Å². The Morgan fingerprint density at radius 1 is 1.47 bits per heavy atom. The predicted octanol–water partition coefficient (Wildman–Crippen LogP) is -0.0643. The number of piperidine rings is 1. The van der Waals surface area contributed by atoms with Crippen molar-refractivity contribution in [2.24, 2.45) is 11.7 Å². The fourth-order valence-corrected chi connectivity index (χ4v) is 2.64. The maximum atomic E-state index is 11.1. The topological polar surface area (TPSA) is 58.4 Å². The molecule has 2 rings (SSSR count). The molecule has 0 radical (unpaired) electrons. The van der Waals surface area contributed by atoms with Crippen LogP contribution < -0.4 is 11.1 Å². The number of nitrogens with zero attached hydrogens (tertiary/aromatic N) is 1. The van der Waals surface area contributed by atoms with Crippen molar-refractivity contribution in [2.45, 2.75) is 31.7 Å². The Morgan fingerprint density at radius 3 is 3.00 bits per heavy atom. The van der Waals surface area contributed by atoms with Crippen molar-refractivity contribution in [1.29, 1.82) is 0 Å². The first-order valence-electron chi connectivity index (χ1n) is 5.99. The molecular weight excluding hydrogens is 190 g/mol. The second-order valence-electron chi connectivity index (χ2n) is 4.81. The first-order valence-corrected chi connectivity index (χ1v) is 5.99. The van der Waals surface area contributed by atoms with Crippen molar-refractivity contribution in [3.05, 3.63) is 0 Å². The molecule has 0 aromatic heterocycles. The van der Waals surface area contributed by atoms with E-state index < -0.39 is 0 Å². The molecule has 0 saturated carbocycles. The number of nitrogens with two attached hydrogens (primary N) is 1. The van der Waals surface area contributed by atoms with Crippen LogP contribution in [-0.4, -0.2) is 43.0 Å². The smallest absolute Gasteiger partial charge is 0.220 e. The van der Waals surface area contributed by atoms with Gasteiger partial charge in [-0.1, -0.05) is 0 Å². The third-order valence-electron chi connectivity index (χ3n) is 3.50. The Balaban J connectivity index is 1.76. The zero-order valence-corrected chi connectivity index (χ0v) is 9.24. The van der Waals surface area contributed by atoms with E-state index in [9.17, 15) is 4.79 Å². The summed E-state index contributed by atoms with van der Waals surface area (Å²) < 4.78 is 0. The van der Waals surface area contributed by atoms with Crippen LogP contribution in [0.1, 0.15) is 25.7 Å². The molecule has 0 aromatic carbocycles. The fourth-order valence-electron chi connectivity index (χ4n) is 2.64. The van der Waals surface area contributed by atoms with E-state index in [4.69, 9.17) is 5.73 Å². The van der Waals surface area contributed by atoms with Crippen molar-refractivity contribution in [3.8, 4) is 0 Å². The van der Waals surface area contributed by atoms with Crippen molar-refractivity contribution in [3.63, 3.8) is 0 Å². The van der Waals surface area contributed by atoms with Gasteiger partial charge in [0.15, 0.2) is 0 Å². The third-order valence-corrected chi connectivity index (χ3v) is 3.50. The van der Waals surface area contributed by atoms with Gasteiger partial charge in [0.2, 0.25) is 5.91 Å². The van der Waals surface area contributed by atoms with E-state index in [0.29, 0.717) is 18.4 Å². The number of hydrogen-bond acceptors (Lipinski definition) is 3. The maximum Gasteiger partial charge on any atom is 0.220 e. The fraction of sp³-hybridized carbons (Fsp3) is 0.909. The molecule has 2 heterocycles. The Morgan fingerprint density at radius 2 is 2.33 bits per heavy atom. The molecule has 3 N–H and O–H groups in total. The molecule has 86 valence electrons. The lowest BCUT2D eigenvalue weighted by molar-refractivity contribution is -0.119. The van der Waals surface area contributed by atoms with E-state index in [1.807, 2.05) is 0 Å². The maximum absolute atomic E-state index is 11.1. The average molecular weight is 211 g/mol. The summed E-state index contributed by atoms with van der Waals surface area (Å²) in [5.41, 5.74) is 5.70. The normalized spacial score (nSPS) is 33.0. The molecule has 0 bridgehead atoms. The van der Waals surface area contributed by atoms with Crippen LogP contribution in [0.5, 0.6) is 0 Å². The molecule has 2 saturated heterocycles. The summed E-state index contributed by atoms with van der Waals surface area (Å²) in [5, 5.41) is 3.02. The molecule has 0 aliphatic carbocycles. The van der Waals surface area contributed by atoms with E-state index in [2.05, 4.69) is 10.2 Å². The average Bonchev–Trinajstić information content (AvgIpc) is 2.64. The molecule has 15 heavy (non-hydrogen) atoms. The number of nitrogens with one attached hydrogen (secondary N) is 1. The van der Waals surface area contributed by atoms with Crippen LogP contribution in [0, 0.1) is 5.92 Å². The summed E-state index contributed by atoms with van der Waals surface area (Å²) in [4.78, 5) is 13.5. The second kappa shape index (κ2) is 4.94. The molecule has 2 unspecified atom stereocenters. The SMILES string of the molecule is NCC1CCCN(CC2CCC(=O)N2)C1. The van der Waals surface area contributed by atoms with Crippen molar-refractivity contribution >= 4 is 5.91 Å². The lowest BCUT2D eigenvalue weighted by Crippen LogP contribution is -2.44. The first kappa shape index (κ1) is 10.9. The molecule has 0 aromatic rings. The summed E-state index contributed by atoms with van der Waals surface area (Å²) in [6, 6.07) is 0.383. The third kappa shape index (κ3) is 2.92. The van der Waals surface area contributed by atoms with Crippen molar-refractivity contribution in [1.82, 2.24) is 10.2 Å². The summed E-state index contributed by atoms with van der Waals surface area (Å²) in [7, 11) is 0. The number of carbonyl (C=O) groups is 1. The van der Waals surface area contributed by atoms with Crippen LogP contribution in [0.4, 0.5) is 0 Å². The van der Waals surface area contributed by atoms with Gasteiger partial charge in [-0.05, 0) is 38.3 Å². The number of carbonyl (C=O) groups excluding carboxylic acids is 1. The van der Waals surface area contributed by atoms with Crippen LogP contribution in [-0.2, 0) is 4.79 Å². The largest absolute Gasteiger partial charge is 0.352 e. The standard InChI is InChI=1S/C11H21N3O/c12-6-9-2-1-5-14(7-9)8-10-3-4-11(15)13-10/h9-10H,1-8,12H2,(H,13,15). The van der Waals surface area contributed by atoms with Crippen molar-refractivity contribution in [2.75, 3.05) is 26.2 Å². The van der Waals surface area contributed by atoms with Gasteiger partial charge in [-0.15, -0.1) is 0 Å². The highest BCUT2D eigenvalue weighted by Gasteiger charge is 2.25. The number of likely N-dealkylation sites (tertiary alicyclic amines) is 1. The minimum Gasteiger partial charge on any atom is -0.352 e. The quantitative estimate of drug-likeness (QED) is 0.687. The zero-order valence-electron chi connectivity index (χ0n) is 9.24. The Bertz CT molecular complexity index is 232. The molecule has 2 aliphatic rings. The van der Waals surface area contributed by atoms with E-state index >= 15 is 0 Å². The van der Waals surface area contributed by atoms with Gasteiger partial charge in [-0.3, -0.25) is 4.79 Å². The Kier molecular flexibility index (Phi) is 3.59. The highest BCUT2D eigenvalue weighted by atomic mass is 16.1. The summed E-state index contributed by atoms with van der Waals surface area (Å²) >= 11 is 0. The summed E-state index contributed by atoms with van der Waals surface area (Å²) in [5.74, 6) is 0.878. The minimum atomic E-state index is 0.215. The molecule has 2 fully saturated rings. The highest BCUT2D eigenvalue weighted by molar-refractivity contribution is 5.78. The van der Waals surface area contributed by atoms with E-state index in [-0.39, 0.29) is 5.91 Å². The lowest BCUT2D eigenvalue weighted by Gasteiger charge is -2.33. The van der Waals surface area contributed by atoms with Crippen LogP contribution >= 0.6 is 0 Å². The molecular formula is C11H21N3O. The molecule has 4 nitrogen and oxygen atoms in total. The van der Waals surface area contributed by atoms with Crippen molar-refractivity contribution < 1.29 is 4.79 Å². The monoisotopic (exact) mass is 211 g/mol. The molecule has 4 heteroatoms. The van der Waals surface area contributed by atoms with Gasteiger partial charge < -0.3 is 16.0 Å². The summed E-state index contributed by atoms with van der Waals surface area (Å²) in [6.07, 6.45) is 4.23. The zero-order chi connectivity index (χ0) is 10.7. The van der Waals surface area contributed by atoms with Gasteiger partial charge >= 0.3 is 0 Å². The van der Waals surface area contributed by atoms with Gasteiger partial charge in [0.05, 0.1) is 0 Å². The Labute approximate surface area is 91.2 Å². The number of rotatable bonds is 3. The van der Waals surface area contributed by atoms with E-state index in [1.165, 1.54) is 19.4 Å². The van der Waals surface area contributed by atoms with E-state index in [1.54, 1.807) is 0 Å². The molecule has 2 atom stereocenters. The van der Waals surface area contributed by atoms with Crippen LogP contribution in [0.2, 0.25) is 0 Å². The molecule has 2 aliphatic heterocycles. The molecule has 0 spiro atoms. The minimum absolute atomic E-state index is 0.215. The second-order valence-corrected chi connectivity index (χ2v) is 4.81. The van der Waals surface area contributed by atoms with Gasteiger partial charge in [0.25, 0.3) is 0 Å².